The smallest absolute Gasteiger partial charge is 0.241 e. The Morgan fingerprint density at radius 3 is 2.55 bits per heavy atom. The van der Waals surface area contributed by atoms with Gasteiger partial charge in [0.15, 0.2) is 5.03 Å². The molecule has 1 aliphatic heterocycles. The number of pyridine rings is 1. The number of carbonyl (C=O) groups excluding carboxylic acids is 1. The molecule has 0 radical (unpaired) electrons. The maximum atomic E-state index is 12.7. The van der Waals surface area contributed by atoms with E-state index in [1.54, 1.807) is 17.0 Å². The van der Waals surface area contributed by atoms with Crippen molar-refractivity contribution in [1.29, 1.82) is 0 Å². The van der Waals surface area contributed by atoms with Crippen LogP contribution < -0.4 is 0 Å². The fourth-order valence-electron chi connectivity index (χ4n) is 2.71. The number of nitrogens with zero attached hydrogens (tertiary/aromatic N) is 2. The minimum Gasteiger partial charge on any atom is -0.342 e. The molecule has 1 aromatic carbocycles. The number of hydrogen-bond donors (Lipinski definition) is 0. The van der Waals surface area contributed by atoms with Gasteiger partial charge in [0.1, 0.15) is 5.25 Å². The fourth-order valence-corrected chi connectivity index (χ4v) is 3.97. The van der Waals surface area contributed by atoms with E-state index in [9.17, 15) is 13.2 Å². The molecule has 116 valence electrons. The molecule has 0 saturated carbocycles. The van der Waals surface area contributed by atoms with Crippen LogP contribution in [0.1, 0.15) is 19.8 Å². The van der Waals surface area contributed by atoms with Crippen LogP contribution in [0.25, 0.3) is 10.9 Å². The highest BCUT2D eigenvalue weighted by molar-refractivity contribution is 7.92. The number of carbonyl (C=O) groups is 1. The average Bonchev–Trinajstić information content (AvgIpc) is 3.07. The Morgan fingerprint density at radius 1 is 1.14 bits per heavy atom. The van der Waals surface area contributed by atoms with Crippen molar-refractivity contribution in [2.45, 2.75) is 30.0 Å². The van der Waals surface area contributed by atoms with Crippen LogP contribution in [-0.2, 0) is 14.6 Å². The van der Waals surface area contributed by atoms with Crippen molar-refractivity contribution in [2.75, 3.05) is 13.1 Å². The van der Waals surface area contributed by atoms with Crippen LogP contribution in [-0.4, -0.2) is 42.5 Å². The molecule has 1 amide bonds. The highest BCUT2D eigenvalue weighted by Gasteiger charge is 2.34. The van der Waals surface area contributed by atoms with Gasteiger partial charge in [0.2, 0.25) is 15.7 Å². The molecule has 0 N–H and O–H groups in total. The van der Waals surface area contributed by atoms with E-state index in [2.05, 4.69) is 4.98 Å². The molecule has 0 spiro atoms. The number of amides is 1. The molecule has 0 bridgehead atoms. The first-order valence-electron chi connectivity index (χ1n) is 7.38. The Hall–Kier alpha value is -1.95. The summed E-state index contributed by atoms with van der Waals surface area (Å²) >= 11 is 0. The lowest BCUT2D eigenvalue weighted by Gasteiger charge is -2.20. The second kappa shape index (κ2) is 5.68. The quantitative estimate of drug-likeness (QED) is 0.868. The summed E-state index contributed by atoms with van der Waals surface area (Å²) in [5.41, 5.74) is 0.615. The Balaban J connectivity index is 1.94. The maximum Gasteiger partial charge on any atom is 0.241 e. The van der Waals surface area contributed by atoms with Crippen LogP contribution in [0.5, 0.6) is 0 Å². The zero-order valence-electron chi connectivity index (χ0n) is 12.4. The Bertz CT molecular complexity index is 811. The molecule has 1 aliphatic rings. The van der Waals surface area contributed by atoms with Gasteiger partial charge in [-0.3, -0.25) is 4.79 Å². The summed E-state index contributed by atoms with van der Waals surface area (Å²) in [4.78, 5) is 18.2. The third-order valence-electron chi connectivity index (χ3n) is 4.10. The van der Waals surface area contributed by atoms with Crippen molar-refractivity contribution in [3.05, 3.63) is 36.4 Å². The third kappa shape index (κ3) is 2.59. The monoisotopic (exact) mass is 318 g/mol. The highest BCUT2D eigenvalue weighted by Crippen LogP contribution is 2.21. The van der Waals surface area contributed by atoms with E-state index >= 15 is 0 Å². The molecule has 22 heavy (non-hydrogen) atoms. The first-order chi connectivity index (χ1) is 10.5. The van der Waals surface area contributed by atoms with Gasteiger partial charge in [0.25, 0.3) is 0 Å². The summed E-state index contributed by atoms with van der Waals surface area (Å²) in [5, 5.41) is -0.259. The summed E-state index contributed by atoms with van der Waals surface area (Å²) in [5.74, 6) is -0.326. The van der Waals surface area contributed by atoms with Crippen molar-refractivity contribution in [1.82, 2.24) is 9.88 Å². The van der Waals surface area contributed by atoms with Crippen LogP contribution in [0.3, 0.4) is 0 Å². The second-order valence-corrected chi connectivity index (χ2v) is 7.78. The lowest BCUT2D eigenvalue weighted by molar-refractivity contribution is -0.129. The van der Waals surface area contributed by atoms with Crippen molar-refractivity contribution >= 4 is 26.6 Å². The number of likely N-dealkylation sites (tertiary alicyclic amines) is 1. The maximum absolute atomic E-state index is 12.7. The van der Waals surface area contributed by atoms with Crippen molar-refractivity contribution in [3.63, 3.8) is 0 Å². The lowest BCUT2D eigenvalue weighted by atomic mass is 10.2. The fraction of sp³-hybridized carbons (Fsp3) is 0.375. The third-order valence-corrected chi connectivity index (χ3v) is 6.04. The van der Waals surface area contributed by atoms with Gasteiger partial charge >= 0.3 is 0 Å². The van der Waals surface area contributed by atoms with Gasteiger partial charge in [-0.25, -0.2) is 13.4 Å². The molecule has 5 nitrogen and oxygen atoms in total. The van der Waals surface area contributed by atoms with Gasteiger partial charge in [-0.05, 0) is 38.0 Å². The molecule has 1 fully saturated rings. The molecule has 1 saturated heterocycles. The van der Waals surface area contributed by atoms with Gasteiger partial charge in [0, 0.05) is 18.5 Å². The normalized spacial score (nSPS) is 16.9. The van der Waals surface area contributed by atoms with Crippen molar-refractivity contribution < 1.29 is 13.2 Å². The summed E-state index contributed by atoms with van der Waals surface area (Å²) < 4.78 is 25.3. The zero-order valence-corrected chi connectivity index (χ0v) is 13.2. The van der Waals surface area contributed by atoms with Crippen LogP contribution >= 0.6 is 0 Å². The van der Waals surface area contributed by atoms with E-state index in [1.807, 2.05) is 18.2 Å². The molecular weight excluding hydrogens is 300 g/mol. The number of sulfone groups is 1. The molecule has 2 heterocycles. The molecule has 3 rings (SSSR count). The highest BCUT2D eigenvalue weighted by atomic mass is 32.2. The molecular formula is C16H18N2O3S. The van der Waals surface area contributed by atoms with Gasteiger partial charge in [-0.1, -0.05) is 18.2 Å². The summed E-state index contributed by atoms with van der Waals surface area (Å²) in [6.07, 6.45) is 1.87. The van der Waals surface area contributed by atoms with Crippen molar-refractivity contribution in [3.8, 4) is 0 Å². The number of aromatic nitrogens is 1. The van der Waals surface area contributed by atoms with Crippen LogP contribution in [0.2, 0.25) is 0 Å². The standard InChI is InChI=1S/C16H18N2O3S/c1-12(16(19)18-10-4-5-11-18)22(20,21)15-9-8-13-6-2-3-7-14(13)17-15/h2-3,6-9,12H,4-5,10-11H2,1H3. The Morgan fingerprint density at radius 2 is 1.82 bits per heavy atom. The molecule has 1 atom stereocenters. The summed E-state index contributed by atoms with van der Waals surface area (Å²) in [6.45, 7) is 2.74. The van der Waals surface area contributed by atoms with Crippen LogP contribution in [0, 0.1) is 0 Å². The van der Waals surface area contributed by atoms with Gasteiger partial charge in [0.05, 0.1) is 5.52 Å². The number of hydrogen-bond acceptors (Lipinski definition) is 4. The topological polar surface area (TPSA) is 67.3 Å². The van der Waals surface area contributed by atoms with Crippen LogP contribution in [0.4, 0.5) is 0 Å². The number of fused-ring (bicyclic) bond motifs is 1. The first kappa shape index (κ1) is 15.0. The largest absolute Gasteiger partial charge is 0.342 e. The molecule has 6 heteroatoms. The van der Waals surface area contributed by atoms with Gasteiger partial charge in [-0.2, -0.15) is 0 Å². The average molecular weight is 318 g/mol. The molecule has 2 aromatic rings. The number of benzene rings is 1. The SMILES string of the molecule is CC(C(=O)N1CCCC1)S(=O)(=O)c1ccc2ccccc2n1. The van der Waals surface area contributed by atoms with Crippen LogP contribution in [0.15, 0.2) is 41.4 Å². The number of rotatable bonds is 3. The van der Waals surface area contributed by atoms with E-state index < -0.39 is 15.1 Å². The van der Waals surface area contributed by atoms with E-state index in [4.69, 9.17) is 0 Å². The minimum atomic E-state index is -3.77. The minimum absolute atomic E-state index is 0.0359. The molecule has 1 unspecified atom stereocenters. The number of para-hydroxylation sites is 1. The van der Waals surface area contributed by atoms with E-state index in [-0.39, 0.29) is 10.9 Å². The van der Waals surface area contributed by atoms with E-state index in [0.717, 1.165) is 18.2 Å². The van der Waals surface area contributed by atoms with Crippen molar-refractivity contribution in [2.24, 2.45) is 0 Å². The Labute approximate surface area is 129 Å². The van der Waals surface area contributed by atoms with E-state index in [1.165, 1.54) is 13.0 Å². The summed E-state index contributed by atoms with van der Waals surface area (Å²) in [7, 11) is -3.77. The lowest BCUT2D eigenvalue weighted by Crippen LogP contribution is -2.40. The zero-order chi connectivity index (χ0) is 15.7. The molecule has 0 aliphatic carbocycles. The van der Waals surface area contributed by atoms with E-state index in [0.29, 0.717) is 18.6 Å². The Kier molecular flexibility index (Phi) is 3.87. The first-order valence-corrected chi connectivity index (χ1v) is 8.93. The molecule has 1 aromatic heterocycles. The predicted octanol–water partition coefficient (Wildman–Crippen LogP) is 2.02. The summed E-state index contributed by atoms with van der Waals surface area (Å²) in [6, 6.07) is 10.5. The van der Waals surface area contributed by atoms with Gasteiger partial charge in [-0.15, -0.1) is 0 Å². The predicted molar refractivity (Wildman–Crippen MR) is 84.2 cm³/mol. The van der Waals surface area contributed by atoms with Gasteiger partial charge < -0.3 is 4.90 Å². The second-order valence-electron chi connectivity index (χ2n) is 5.56.